The van der Waals surface area contributed by atoms with E-state index in [1.165, 1.54) is 4.31 Å². The van der Waals surface area contributed by atoms with Crippen LogP contribution in [0.4, 0.5) is 5.69 Å². The molecule has 0 aliphatic carbocycles. The predicted molar refractivity (Wildman–Crippen MR) is 119 cm³/mol. The molecule has 0 saturated heterocycles. The molecule has 0 unspecified atom stereocenters. The number of rotatable bonds is 7. The molecule has 0 saturated carbocycles. The molecule has 8 nitrogen and oxygen atoms in total. The molecule has 2 aromatic rings. The van der Waals surface area contributed by atoms with E-state index in [9.17, 15) is 8.42 Å². The number of hydrogen-bond acceptors (Lipinski definition) is 5. The highest BCUT2D eigenvalue weighted by atomic mass is 32.2. The molecule has 0 amide bonds. The van der Waals surface area contributed by atoms with Crippen LogP contribution >= 0.6 is 0 Å². The van der Waals surface area contributed by atoms with Gasteiger partial charge in [-0.3, -0.25) is 4.31 Å². The maximum Gasteiger partial charge on any atom is 0.236 e. The van der Waals surface area contributed by atoms with Gasteiger partial charge in [0.25, 0.3) is 0 Å². The third kappa shape index (κ3) is 5.33. The van der Waals surface area contributed by atoms with Crippen LogP contribution in [0.15, 0.2) is 39.9 Å². The van der Waals surface area contributed by atoms with Crippen LogP contribution in [-0.2, 0) is 28.4 Å². The Kier molecular flexibility index (Phi) is 6.70. The molecule has 9 heteroatoms. The Morgan fingerprint density at radius 3 is 2.73 bits per heavy atom. The zero-order valence-electron chi connectivity index (χ0n) is 18.1. The second-order valence-corrected chi connectivity index (χ2v) is 10.3. The molecule has 0 atom stereocenters. The monoisotopic (exact) mass is 433 g/mol. The van der Waals surface area contributed by atoms with Crippen LogP contribution in [-0.4, -0.2) is 44.7 Å². The molecule has 3 rings (SSSR count). The smallest absolute Gasteiger partial charge is 0.236 e. The van der Waals surface area contributed by atoms with Gasteiger partial charge in [0.2, 0.25) is 15.9 Å². The van der Waals surface area contributed by atoms with Gasteiger partial charge < -0.3 is 15.1 Å². The summed E-state index contributed by atoms with van der Waals surface area (Å²) in [6.45, 7) is 9.83. The van der Waals surface area contributed by atoms with Crippen LogP contribution in [0.1, 0.15) is 44.9 Å². The van der Waals surface area contributed by atoms with Gasteiger partial charge in [-0.1, -0.05) is 39.0 Å². The van der Waals surface area contributed by atoms with Crippen molar-refractivity contribution in [3.63, 3.8) is 0 Å². The number of aromatic nitrogens is 1. The van der Waals surface area contributed by atoms with Gasteiger partial charge in [-0.25, -0.2) is 18.4 Å². The van der Waals surface area contributed by atoms with Crippen LogP contribution in [0.25, 0.3) is 0 Å². The molecule has 0 radical (unpaired) electrons. The Morgan fingerprint density at radius 2 is 2.03 bits per heavy atom. The Hall–Kier alpha value is -2.55. The van der Waals surface area contributed by atoms with E-state index in [0.717, 1.165) is 23.4 Å². The summed E-state index contributed by atoms with van der Waals surface area (Å²) in [4.78, 5) is 8.74. The van der Waals surface area contributed by atoms with Gasteiger partial charge in [0.1, 0.15) is 12.3 Å². The number of sulfonamides is 1. The summed E-state index contributed by atoms with van der Waals surface area (Å²) in [6, 6.07) is 7.65. The van der Waals surface area contributed by atoms with Crippen molar-refractivity contribution in [3.8, 4) is 0 Å². The number of hydrogen-bond donors (Lipinski definition) is 2. The number of nitrogens with zero attached hydrogens (tertiary/aromatic N) is 3. The molecule has 1 aliphatic heterocycles. The minimum Gasteiger partial charge on any atom is -0.443 e. The molecular formula is C21H31N5O3S. The molecule has 2 heterocycles. The first-order valence-corrected chi connectivity index (χ1v) is 11.9. The molecular weight excluding hydrogens is 402 g/mol. The summed E-state index contributed by atoms with van der Waals surface area (Å²) < 4.78 is 32.9. The van der Waals surface area contributed by atoms with Crippen LogP contribution in [0.2, 0.25) is 0 Å². The summed E-state index contributed by atoms with van der Waals surface area (Å²) in [6.07, 6.45) is 2.48. The van der Waals surface area contributed by atoms with E-state index in [0.29, 0.717) is 24.9 Å². The average Bonchev–Trinajstić information content (AvgIpc) is 3.33. The zero-order valence-corrected chi connectivity index (χ0v) is 18.9. The van der Waals surface area contributed by atoms with Crippen molar-refractivity contribution in [1.82, 2.24) is 15.6 Å². The van der Waals surface area contributed by atoms with Crippen molar-refractivity contribution in [2.24, 2.45) is 4.99 Å². The number of anilines is 1. The number of nitrogens with one attached hydrogen (secondary N) is 2. The van der Waals surface area contributed by atoms with Gasteiger partial charge in [0, 0.05) is 25.0 Å². The number of fused-ring (bicyclic) bond motifs is 1. The van der Waals surface area contributed by atoms with E-state index in [1.54, 1.807) is 6.20 Å². The molecule has 30 heavy (non-hydrogen) atoms. The Labute approximate surface area is 178 Å². The second kappa shape index (κ2) is 9.07. The van der Waals surface area contributed by atoms with Gasteiger partial charge in [0.05, 0.1) is 17.6 Å². The molecule has 1 aliphatic rings. The molecule has 0 spiro atoms. The van der Waals surface area contributed by atoms with Crippen LogP contribution in [0, 0.1) is 0 Å². The number of para-hydroxylation sites is 1. The average molecular weight is 434 g/mol. The fourth-order valence-electron chi connectivity index (χ4n) is 3.22. The van der Waals surface area contributed by atoms with Crippen LogP contribution < -0.4 is 14.9 Å². The van der Waals surface area contributed by atoms with Gasteiger partial charge in [-0.2, -0.15) is 0 Å². The van der Waals surface area contributed by atoms with E-state index in [4.69, 9.17) is 4.42 Å². The maximum absolute atomic E-state index is 12.8. The maximum atomic E-state index is 12.8. The summed E-state index contributed by atoms with van der Waals surface area (Å²) >= 11 is 0. The lowest BCUT2D eigenvalue weighted by Crippen LogP contribution is -2.42. The summed E-state index contributed by atoms with van der Waals surface area (Å²) in [5, 5.41) is 6.22. The second-order valence-electron chi connectivity index (χ2n) is 8.26. The third-order valence-corrected chi connectivity index (χ3v) is 6.61. The van der Waals surface area contributed by atoms with E-state index < -0.39 is 10.0 Å². The minimum atomic E-state index is -3.41. The lowest BCUT2D eigenvalue weighted by molar-refractivity contribution is 0.383. The number of oxazole rings is 1. The third-order valence-electron chi connectivity index (χ3n) is 4.84. The predicted octanol–water partition coefficient (Wildman–Crippen LogP) is 2.42. The Morgan fingerprint density at radius 1 is 1.27 bits per heavy atom. The normalized spacial score (nSPS) is 14.7. The highest BCUT2D eigenvalue weighted by Gasteiger charge is 2.28. The van der Waals surface area contributed by atoms with Crippen molar-refractivity contribution in [3.05, 3.63) is 47.7 Å². The quantitative estimate of drug-likeness (QED) is 0.514. The summed E-state index contributed by atoms with van der Waals surface area (Å²) in [5.74, 6) is 1.85. The zero-order chi connectivity index (χ0) is 21.8. The highest BCUT2D eigenvalue weighted by molar-refractivity contribution is 7.92. The standard InChI is InChI=1S/C21H31N5O3S/c1-5-22-20(25-15-19-24-14-18(29-19)21(2,3)4)23-11-13-30(27,28)26-12-10-16-8-6-7-9-17(16)26/h6-9,14H,5,10-13,15H2,1-4H3,(H2,22,23,25). The minimum absolute atomic E-state index is 0.0150. The first kappa shape index (κ1) is 22.1. The fraction of sp³-hybridized carbons (Fsp3) is 0.524. The van der Waals surface area contributed by atoms with Crippen LogP contribution in [0.3, 0.4) is 0 Å². The number of benzene rings is 1. The van der Waals surface area contributed by atoms with Gasteiger partial charge in [0.15, 0.2) is 5.96 Å². The Bertz CT molecular complexity index is 992. The number of guanidine groups is 1. The highest BCUT2D eigenvalue weighted by Crippen LogP contribution is 2.29. The van der Waals surface area contributed by atoms with Gasteiger partial charge >= 0.3 is 0 Å². The van der Waals surface area contributed by atoms with Crippen molar-refractivity contribution in [2.45, 2.75) is 46.1 Å². The molecule has 0 fully saturated rings. The van der Waals surface area contributed by atoms with E-state index >= 15 is 0 Å². The van der Waals surface area contributed by atoms with Crippen molar-refractivity contribution in [1.29, 1.82) is 0 Å². The summed E-state index contributed by atoms with van der Waals surface area (Å²) in [7, 11) is -3.41. The van der Waals surface area contributed by atoms with E-state index in [1.807, 2.05) is 31.2 Å². The lowest BCUT2D eigenvalue weighted by Gasteiger charge is -2.20. The van der Waals surface area contributed by atoms with Gasteiger partial charge in [-0.05, 0) is 25.0 Å². The molecule has 2 N–H and O–H groups in total. The SMILES string of the molecule is CCNC(=NCc1ncc(C(C)(C)C)o1)NCCS(=O)(=O)N1CCc2ccccc21. The van der Waals surface area contributed by atoms with Crippen molar-refractivity contribution in [2.75, 3.05) is 29.7 Å². The van der Waals surface area contributed by atoms with Crippen molar-refractivity contribution >= 4 is 21.7 Å². The van der Waals surface area contributed by atoms with E-state index in [-0.39, 0.29) is 24.3 Å². The van der Waals surface area contributed by atoms with Crippen molar-refractivity contribution < 1.29 is 12.8 Å². The molecule has 1 aromatic carbocycles. The molecule has 0 bridgehead atoms. The van der Waals surface area contributed by atoms with Gasteiger partial charge in [-0.15, -0.1) is 0 Å². The largest absolute Gasteiger partial charge is 0.443 e. The first-order chi connectivity index (χ1) is 14.2. The summed E-state index contributed by atoms with van der Waals surface area (Å²) in [5.41, 5.74) is 1.75. The molecule has 164 valence electrons. The van der Waals surface area contributed by atoms with E-state index in [2.05, 4.69) is 41.4 Å². The Balaban J connectivity index is 1.58. The first-order valence-electron chi connectivity index (χ1n) is 10.3. The van der Waals surface area contributed by atoms with Crippen LogP contribution in [0.5, 0.6) is 0 Å². The molecule has 1 aromatic heterocycles. The fourth-order valence-corrected chi connectivity index (χ4v) is 4.65. The number of aliphatic imine (C=N–C) groups is 1. The topological polar surface area (TPSA) is 99.8 Å². The lowest BCUT2D eigenvalue weighted by atomic mass is 9.94.